The molecular formula is C9H14O. The Labute approximate surface area is 62.4 Å². The van der Waals surface area contributed by atoms with Crippen molar-refractivity contribution < 1.29 is 5.11 Å². The van der Waals surface area contributed by atoms with Crippen molar-refractivity contribution in [3.8, 4) is 0 Å². The van der Waals surface area contributed by atoms with Gasteiger partial charge in [-0.15, -0.1) is 0 Å². The molecule has 0 amide bonds. The standard InChI is InChI=1S/C9H14O/c1-3-4-5-6-9(2)7-8-10/h3-5,7,10H,1,6,8H2,2H3. The molecule has 0 aliphatic rings. The summed E-state index contributed by atoms with van der Waals surface area (Å²) in [4.78, 5) is 0. The average Bonchev–Trinajstić information content (AvgIpc) is 1.89. The van der Waals surface area contributed by atoms with E-state index in [0.29, 0.717) is 0 Å². The summed E-state index contributed by atoms with van der Waals surface area (Å²) in [5, 5.41) is 8.47. The summed E-state index contributed by atoms with van der Waals surface area (Å²) in [6.07, 6.45) is 8.34. The lowest BCUT2D eigenvalue weighted by molar-refractivity contribution is 0.341. The Morgan fingerprint density at radius 2 is 2.30 bits per heavy atom. The molecule has 0 spiro atoms. The van der Waals surface area contributed by atoms with E-state index >= 15 is 0 Å². The first-order chi connectivity index (χ1) is 4.81. The van der Waals surface area contributed by atoms with Crippen molar-refractivity contribution in [1.29, 1.82) is 0 Å². The molecule has 10 heavy (non-hydrogen) atoms. The van der Waals surface area contributed by atoms with Gasteiger partial charge in [0.15, 0.2) is 0 Å². The van der Waals surface area contributed by atoms with Gasteiger partial charge in [0, 0.05) is 0 Å². The number of hydrogen-bond donors (Lipinski definition) is 1. The van der Waals surface area contributed by atoms with Crippen molar-refractivity contribution in [3.63, 3.8) is 0 Å². The van der Waals surface area contributed by atoms with Gasteiger partial charge in [-0.3, -0.25) is 0 Å². The topological polar surface area (TPSA) is 20.2 Å². The van der Waals surface area contributed by atoms with Crippen LogP contribution in [0.25, 0.3) is 0 Å². The van der Waals surface area contributed by atoms with Gasteiger partial charge < -0.3 is 5.11 Å². The zero-order valence-electron chi connectivity index (χ0n) is 6.38. The van der Waals surface area contributed by atoms with Gasteiger partial charge in [-0.2, -0.15) is 0 Å². The van der Waals surface area contributed by atoms with Crippen LogP contribution < -0.4 is 0 Å². The molecule has 0 fully saturated rings. The molecule has 0 heterocycles. The van der Waals surface area contributed by atoms with Gasteiger partial charge in [-0.25, -0.2) is 0 Å². The van der Waals surface area contributed by atoms with Crippen LogP contribution in [-0.2, 0) is 0 Å². The molecule has 1 nitrogen and oxygen atoms in total. The quantitative estimate of drug-likeness (QED) is 0.465. The minimum atomic E-state index is 0.133. The van der Waals surface area contributed by atoms with Gasteiger partial charge in [-0.1, -0.05) is 36.5 Å². The van der Waals surface area contributed by atoms with Crippen molar-refractivity contribution in [2.45, 2.75) is 13.3 Å². The largest absolute Gasteiger partial charge is 0.392 e. The second-order valence-corrected chi connectivity index (χ2v) is 2.10. The van der Waals surface area contributed by atoms with E-state index in [9.17, 15) is 0 Å². The third kappa shape index (κ3) is 5.32. The fraction of sp³-hybridized carbons (Fsp3) is 0.333. The zero-order chi connectivity index (χ0) is 7.82. The van der Waals surface area contributed by atoms with Crippen LogP contribution in [0.3, 0.4) is 0 Å². The Hall–Kier alpha value is -0.820. The average molecular weight is 138 g/mol. The van der Waals surface area contributed by atoms with Crippen molar-refractivity contribution >= 4 is 0 Å². The van der Waals surface area contributed by atoms with Gasteiger partial charge in [0.2, 0.25) is 0 Å². The monoisotopic (exact) mass is 138 g/mol. The molecule has 0 saturated carbocycles. The third-order valence-electron chi connectivity index (χ3n) is 1.15. The molecule has 1 N–H and O–H groups in total. The first-order valence-corrected chi connectivity index (χ1v) is 3.35. The Morgan fingerprint density at radius 3 is 2.80 bits per heavy atom. The minimum absolute atomic E-state index is 0.133. The Balaban J connectivity index is 3.57. The summed E-state index contributed by atoms with van der Waals surface area (Å²) < 4.78 is 0. The second-order valence-electron chi connectivity index (χ2n) is 2.10. The van der Waals surface area contributed by atoms with E-state index in [1.54, 1.807) is 12.2 Å². The summed E-state index contributed by atoms with van der Waals surface area (Å²) in [7, 11) is 0. The van der Waals surface area contributed by atoms with Crippen LogP contribution in [-0.4, -0.2) is 11.7 Å². The molecule has 0 rings (SSSR count). The Bertz CT molecular complexity index is 143. The number of aliphatic hydroxyl groups is 1. The maximum atomic E-state index is 8.47. The summed E-state index contributed by atoms with van der Waals surface area (Å²) in [6.45, 7) is 5.67. The highest BCUT2D eigenvalue weighted by Crippen LogP contribution is 1.99. The SMILES string of the molecule is C=CC=CCC(C)=CCO. The van der Waals surface area contributed by atoms with E-state index in [2.05, 4.69) is 6.58 Å². The number of hydrogen-bond acceptors (Lipinski definition) is 1. The van der Waals surface area contributed by atoms with Gasteiger partial charge in [0.05, 0.1) is 6.61 Å². The van der Waals surface area contributed by atoms with E-state index in [4.69, 9.17) is 5.11 Å². The molecule has 0 saturated heterocycles. The first-order valence-electron chi connectivity index (χ1n) is 3.35. The van der Waals surface area contributed by atoms with Crippen LogP contribution in [0, 0.1) is 0 Å². The molecule has 0 unspecified atom stereocenters. The number of allylic oxidation sites excluding steroid dienone is 4. The number of rotatable bonds is 4. The zero-order valence-corrected chi connectivity index (χ0v) is 6.38. The molecule has 56 valence electrons. The van der Waals surface area contributed by atoms with Crippen LogP contribution in [0.4, 0.5) is 0 Å². The molecule has 0 aliphatic carbocycles. The highest BCUT2D eigenvalue weighted by atomic mass is 16.2. The van der Waals surface area contributed by atoms with Crippen molar-refractivity contribution in [2.24, 2.45) is 0 Å². The molecule has 0 aromatic carbocycles. The van der Waals surface area contributed by atoms with Crippen molar-refractivity contribution in [1.82, 2.24) is 0 Å². The van der Waals surface area contributed by atoms with Gasteiger partial charge in [0.1, 0.15) is 0 Å². The Kier molecular flexibility index (Phi) is 5.79. The van der Waals surface area contributed by atoms with Crippen LogP contribution >= 0.6 is 0 Å². The fourth-order valence-electron chi connectivity index (χ4n) is 0.589. The lowest BCUT2D eigenvalue weighted by Crippen LogP contribution is -1.77. The summed E-state index contributed by atoms with van der Waals surface area (Å²) in [6, 6.07) is 0. The van der Waals surface area contributed by atoms with Crippen LogP contribution in [0.5, 0.6) is 0 Å². The summed E-state index contributed by atoms with van der Waals surface area (Å²) in [5.41, 5.74) is 1.18. The van der Waals surface area contributed by atoms with E-state index in [1.807, 2.05) is 19.1 Å². The summed E-state index contributed by atoms with van der Waals surface area (Å²) in [5.74, 6) is 0. The molecule has 0 atom stereocenters. The van der Waals surface area contributed by atoms with Crippen LogP contribution in [0.15, 0.2) is 36.5 Å². The molecule has 0 radical (unpaired) electrons. The van der Waals surface area contributed by atoms with Gasteiger partial charge >= 0.3 is 0 Å². The van der Waals surface area contributed by atoms with E-state index in [0.717, 1.165) is 6.42 Å². The lowest BCUT2D eigenvalue weighted by atomic mass is 10.2. The first kappa shape index (κ1) is 9.18. The second kappa shape index (κ2) is 6.30. The van der Waals surface area contributed by atoms with Gasteiger partial charge in [0.25, 0.3) is 0 Å². The predicted molar refractivity (Wildman–Crippen MR) is 44.8 cm³/mol. The maximum absolute atomic E-state index is 8.47. The minimum Gasteiger partial charge on any atom is -0.392 e. The molecule has 0 aromatic heterocycles. The molecular weight excluding hydrogens is 124 g/mol. The normalized spacial score (nSPS) is 12.4. The number of aliphatic hydroxyl groups excluding tert-OH is 1. The molecule has 0 aromatic rings. The van der Waals surface area contributed by atoms with E-state index in [-0.39, 0.29) is 6.61 Å². The Morgan fingerprint density at radius 1 is 1.60 bits per heavy atom. The van der Waals surface area contributed by atoms with Crippen LogP contribution in [0.1, 0.15) is 13.3 Å². The summed E-state index contributed by atoms with van der Waals surface area (Å²) >= 11 is 0. The predicted octanol–water partition coefficient (Wildman–Crippen LogP) is 2.06. The fourth-order valence-corrected chi connectivity index (χ4v) is 0.589. The lowest BCUT2D eigenvalue weighted by Gasteiger charge is -1.91. The van der Waals surface area contributed by atoms with Crippen molar-refractivity contribution in [2.75, 3.05) is 6.61 Å². The van der Waals surface area contributed by atoms with Crippen LogP contribution in [0.2, 0.25) is 0 Å². The molecule has 1 heteroatoms. The molecule has 0 bridgehead atoms. The molecule has 0 aliphatic heterocycles. The van der Waals surface area contributed by atoms with Gasteiger partial charge in [-0.05, 0) is 13.3 Å². The maximum Gasteiger partial charge on any atom is 0.0615 e. The van der Waals surface area contributed by atoms with E-state index in [1.165, 1.54) is 5.57 Å². The third-order valence-corrected chi connectivity index (χ3v) is 1.15. The van der Waals surface area contributed by atoms with E-state index < -0.39 is 0 Å². The van der Waals surface area contributed by atoms with Crippen molar-refractivity contribution in [3.05, 3.63) is 36.5 Å². The highest BCUT2D eigenvalue weighted by Gasteiger charge is 1.81. The highest BCUT2D eigenvalue weighted by molar-refractivity contribution is 5.07. The smallest absolute Gasteiger partial charge is 0.0615 e.